The monoisotopic (exact) mass is 336 g/mol. The molecule has 0 spiro atoms. The summed E-state index contributed by atoms with van der Waals surface area (Å²) in [5.74, 6) is -1.41. The Balaban J connectivity index is 2.32. The van der Waals surface area contributed by atoms with Crippen LogP contribution in [0.3, 0.4) is 0 Å². The van der Waals surface area contributed by atoms with E-state index in [1.807, 2.05) is 0 Å². The molecular weight excluding hydrogens is 331 g/mol. The van der Waals surface area contributed by atoms with E-state index in [2.05, 4.69) is 19.7 Å². The molecule has 0 aliphatic rings. The third kappa shape index (κ3) is 3.18. The van der Waals surface area contributed by atoms with Crippen LogP contribution >= 0.6 is 23.2 Å². The zero-order valence-electron chi connectivity index (χ0n) is 9.46. The number of rotatable bonds is 4. The highest BCUT2D eigenvalue weighted by molar-refractivity contribution is 7.92. The molecule has 0 aliphatic heterocycles. The number of H-pyrrole nitrogens is 1. The molecule has 20 heavy (non-hydrogen) atoms. The molecule has 0 saturated carbocycles. The minimum Gasteiger partial charge on any atom is -0.477 e. The lowest BCUT2D eigenvalue weighted by molar-refractivity contribution is 0.0691. The summed E-state index contributed by atoms with van der Waals surface area (Å²) in [5, 5.41) is 8.46. The molecule has 2 aromatic rings. The molecule has 0 amide bonds. The molecule has 0 aliphatic carbocycles. The summed E-state index contributed by atoms with van der Waals surface area (Å²) in [6.07, 6.45) is 1.04. The van der Waals surface area contributed by atoms with E-state index in [1.165, 1.54) is 0 Å². The van der Waals surface area contributed by atoms with Crippen molar-refractivity contribution < 1.29 is 18.3 Å². The SMILES string of the molecule is O=C(O)c1cc(S(=O)(=O)Nc2cc(Cl)nc(Cl)n2)c[nH]1. The highest BCUT2D eigenvalue weighted by Gasteiger charge is 2.19. The number of nitrogens with one attached hydrogen (secondary N) is 2. The van der Waals surface area contributed by atoms with Crippen molar-refractivity contribution in [3.63, 3.8) is 0 Å². The number of hydrogen-bond donors (Lipinski definition) is 3. The van der Waals surface area contributed by atoms with E-state index in [9.17, 15) is 13.2 Å². The van der Waals surface area contributed by atoms with Gasteiger partial charge in [0.15, 0.2) is 0 Å². The van der Waals surface area contributed by atoms with Crippen molar-refractivity contribution in [1.82, 2.24) is 15.0 Å². The predicted octanol–water partition coefficient (Wildman–Crippen LogP) is 1.61. The number of aromatic carboxylic acids is 1. The molecule has 3 N–H and O–H groups in total. The minimum absolute atomic E-state index is 0.0389. The molecule has 11 heteroatoms. The van der Waals surface area contributed by atoms with Crippen LogP contribution in [-0.2, 0) is 10.0 Å². The number of nitrogens with zero attached hydrogens (tertiary/aromatic N) is 2. The molecule has 0 radical (unpaired) electrons. The van der Waals surface area contributed by atoms with Gasteiger partial charge in [-0.3, -0.25) is 4.72 Å². The average molecular weight is 337 g/mol. The largest absolute Gasteiger partial charge is 0.477 e. The Hall–Kier alpha value is -1.84. The Morgan fingerprint density at radius 2 is 2.00 bits per heavy atom. The third-order valence-corrected chi connectivity index (χ3v) is 3.80. The molecule has 0 fully saturated rings. The zero-order valence-corrected chi connectivity index (χ0v) is 11.8. The first-order valence-electron chi connectivity index (χ1n) is 4.92. The van der Waals surface area contributed by atoms with E-state index in [4.69, 9.17) is 28.3 Å². The van der Waals surface area contributed by atoms with Crippen LogP contribution in [-0.4, -0.2) is 34.4 Å². The van der Waals surface area contributed by atoms with E-state index < -0.39 is 16.0 Å². The van der Waals surface area contributed by atoms with Crippen molar-refractivity contribution in [3.05, 3.63) is 34.5 Å². The van der Waals surface area contributed by atoms with E-state index in [0.29, 0.717) is 0 Å². The molecule has 0 saturated heterocycles. The van der Waals surface area contributed by atoms with Crippen LogP contribution in [0.4, 0.5) is 5.82 Å². The van der Waals surface area contributed by atoms with Crippen LogP contribution in [0.2, 0.25) is 10.4 Å². The summed E-state index contributed by atoms with van der Waals surface area (Å²) in [5.41, 5.74) is -0.260. The highest BCUT2D eigenvalue weighted by Crippen LogP contribution is 2.19. The van der Waals surface area contributed by atoms with E-state index >= 15 is 0 Å². The molecule has 2 heterocycles. The molecule has 2 aromatic heterocycles. The number of anilines is 1. The van der Waals surface area contributed by atoms with Crippen LogP contribution in [0.1, 0.15) is 10.5 Å². The van der Waals surface area contributed by atoms with Crippen molar-refractivity contribution in [2.24, 2.45) is 0 Å². The maximum atomic E-state index is 12.0. The average Bonchev–Trinajstić information content (AvgIpc) is 2.76. The first kappa shape index (κ1) is 14.6. The van der Waals surface area contributed by atoms with Crippen molar-refractivity contribution >= 4 is 45.0 Å². The number of hydrogen-bond acceptors (Lipinski definition) is 5. The lowest BCUT2D eigenvalue weighted by atomic mass is 10.4. The first-order chi connectivity index (χ1) is 9.28. The number of sulfonamides is 1. The molecule has 0 bridgehead atoms. The lowest BCUT2D eigenvalue weighted by Crippen LogP contribution is -2.13. The van der Waals surface area contributed by atoms with Gasteiger partial charge in [0.1, 0.15) is 21.6 Å². The van der Waals surface area contributed by atoms with E-state index in [1.54, 1.807) is 0 Å². The van der Waals surface area contributed by atoms with Gasteiger partial charge in [-0.15, -0.1) is 0 Å². The summed E-state index contributed by atoms with van der Waals surface area (Å²) >= 11 is 11.2. The molecule has 8 nitrogen and oxygen atoms in total. The molecule has 0 atom stereocenters. The Morgan fingerprint density at radius 1 is 1.30 bits per heavy atom. The maximum Gasteiger partial charge on any atom is 0.352 e. The summed E-state index contributed by atoms with van der Waals surface area (Å²) < 4.78 is 26.1. The molecular formula is C9H6Cl2N4O4S. The van der Waals surface area contributed by atoms with Crippen molar-refractivity contribution in [3.8, 4) is 0 Å². The topological polar surface area (TPSA) is 125 Å². The lowest BCUT2D eigenvalue weighted by Gasteiger charge is -2.05. The van der Waals surface area contributed by atoms with Gasteiger partial charge in [-0.25, -0.2) is 18.2 Å². The first-order valence-corrected chi connectivity index (χ1v) is 7.16. The number of aromatic amines is 1. The van der Waals surface area contributed by atoms with Gasteiger partial charge < -0.3 is 10.1 Å². The summed E-state index contributed by atoms with van der Waals surface area (Å²) in [4.78, 5) is 19.9. The Kier molecular flexibility index (Phi) is 3.84. The Bertz CT molecular complexity index is 754. The molecule has 2 rings (SSSR count). The van der Waals surface area contributed by atoms with Crippen molar-refractivity contribution in [2.45, 2.75) is 4.90 Å². The quantitative estimate of drug-likeness (QED) is 0.575. The molecule has 106 valence electrons. The number of halogens is 2. The van der Waals surface area contributed by atoms with Crippen LogP contribution < -0.4 is 4.72 Å². The highest BCUT2D eigenvalue weighted by atomic mass is 35.5. The normalized spacial score (nSPS) is 11.3. The molecule has 0 unspecified atom stereocenters. The second kappa shape index (κ2) is 5.27. The summed E-state index contributed by atoms with van der Waals surface area (Å²) in [6, 6.07) is 2.13. The van der Waals surface area contributed by atoms with Gasteiger partial charge >= 0.3 is 5.97 Å². The van der Waals surface area contributed by atoms with Gasteiger partial charge in [0, 0.05) is 12.3 Å². The standard InChI is InChI=1S/C9H6Cl2N4O4S/c10-6-2-7(14-9(11)13-6)15-20(18,19)4-1-5(8(16)17)12-3-4/h1-3,12H,(H,16,17)(H,13,14,15). The fourth-order valence-corrected chi connectivity index (χ4v) is 2.69. The van der Waals surface area contributed by atoms with Gasteiger partial charge in [-0.1, -0.05) is 11.6 Å². The van der Waals surface area contributed by atoms with E-state index in [-0.39, 0.29) is 26.8 Å². The predicted molar refractivity (Wildman–Crippen MR) is 70.6 cm³/mol. The second-order valence-corrected chi connectivity index (χ2v) is 5.91. The van der Waals surface area contributed by atoms with Gasteiger partial charge in [-0.05, 0) is 17.7 Å². The Labute approximate surface area is 122 Å². The van der Waals surface area contributed by atoms with Crippen molar-refractivity contribution in [1.29, 1.82) is 0 Å². The fraction of sp³-hybridized carbons (Fsp3) is 0. The summed E-state index contributed by atoms with van der Waals surface area (Å²) in [6.45, 7) is 0. The van der Waals surface area contributed by atoms with Crippen LogP contribution in [0.15, 0.2) is 23.2 Å². The molecule has 0 aromatic carbocycles. The van der Waals surface area contributed by atoms with Crippen LogP contribution in [0.5, 0.6) is 0 Å². The fourth-order valence-electron chi connectivity index (χ4n) is 1.29. The second-order valence-electron chi connectivity index (χ2n) is 3.50. The minimum atomic E-state index is -4.01. The zero-order chi connectivity index (χ0) is 14.9. The number of aromatic nitrogens is 3. The Morgan fingerprint density at radius 3 is 2.55 bits per heavy atom. The third-order valence-electron chi connectivity index (χ3n) is 2.10. The van der Waals surface area contributed by atoms with Gasteiger partial charge in [-0.2, -0.15) is 4.98 Å². The van der Waals surface area contributed by atoms with E-state index in [0.717, 1.165) is 18.3 Å². The van der Waals surface area contributed by atoms with Gasteiger partial charge in [0.2, 0.25) is 5.28 Å². The van der Waals surface area contributed by atoms with Crippen molar-refractivity contribution in [2.75, 3.05) is 4.72 Å². The number of carbonyl (C=O) groups is 1. The smallest absolute Gasteiger partial charge is 0.352 e. The maximum absolute atomic E-state index is 12.0. The van der Waals surface area contributed by atoms with Gasteiger partial charge in [0.05, 0.1) is 0 Å². The number of carboxylic acids is 1. The number of carboxylic acid groups (broad SMARTS) is 1. The van der Waals surface area contributed by atoms with Crippen LogP contribution in [0.25, 0.3) is 0 Å². The van der Waals surface area contributed by atoms with Gasteiger partial charge in [0.25, 0.3) is 10.0 Å². The van der Waals surface area contributed by atoms with Crippen LogP contribution in [0, 0.1) is 0 Å². The summed E-state index contributed by atoms with van der Waals surface area (Å²) in [7, 11) is -4.01.